The normalized spacial score (nSPS) is 19.5. The average Bonchev–Trinajstić information content (AvgIpc) is 2.74. The Kier molecular flexibility index (Phi) is 3.67. The van der Waals surface area contributed by atoms with Crippen LogP contribution in [0.2, 0.25) is 0 Å². The van der Waals surface area contributed by atoms with E-state index in [0.717, 1.165) is 8.69 Å². The summed E-state index contributed by atoms with van der Waals surface area (Å²) < 4.78 is 0.777. The first kappa shape index (κ1) is 13.0. The van der Waals surface area contributed by atoms with E-state index in [2.05, 4.69) is 21.2 Å². The van der Waals surface area contributed by atoms with E-state index in [1.54, 1.807) is 11.4 Å². The van der Waals surface area contributed by atoms with Gasteiger partial charge in [-0.1, -0.05) is 0 Å². The minimum absolute atomic E-state index is 0.0643. The molecule has 0 spiro atoms. The Labute approximate surface area is 115 Å². The van der Waals surface area contributed by atoms with Crippen molar-refractivity contribution in [3.8, 4) is 0 Å². The van der Waals surface area contributed by atoms with E-state index in [9.17, 15) is 14.4 Å². The van der Waals surface area contributed by atoms with Gasteiger partial charge in [-0.05, 0) is 22.0 Å². The summed E-state index contributed by atoms with van der Waals surface area (Å²) >= 11 is 4.56. The summed E-state index contributed by atoms with van der Waals surface area (Å²) in [5.41, 5.74) is 0.382. The van der Waals surface area contributed by atoms with Crippen LogP contribution in [0.3, 0.4) is 0 Å². The maximum absolute atomic E-state index is 12.1. The van der Waals surface area contributed by atoms with Crippen LogP contribution in [-0.2, 0) is 9.59 Å². The third-order valence-electron chi connectivity index (χ3n) is 2.54. The molecule has 1 fully saturated rings. The molecule has 2 heterocycles. The van der Waals surface area contributed by atoms with E-state index >= 15 is 0 Å². The van der Waals surface area contributed by atoms with Crippen LogP contribution in [0.15, 0.2) is 15.2 Å². The van der Waals surface area contributed by atoms with Crippen LogP contribution in [0.5, 0.6) is 0 Å². The van der Waals surface area contributed by atoms with Crippen LogP contribution in [-0.4, -0.2) is 46.9 Å². The third kappa shape index (κ3) is 2.54. The van der Waals surface area contributed by atoms with Gasteiger partial charge < -0.3 is 15.3 Å². The number of nitrogens with zero attached hydrogens (tertiary/aromatic N) is 1. The quantitative estimate of drug-likeness (QED) is 0.827. The molecule has 0 saturated carbocycles. The number of hydrogen-bond acceptors (Lipinski definition) is 4. The molecule has 2 amide bonds. The first-order valence-electron chi connectivity index (χ1n) is 5.03. The van der Waals surface area contributed by atoms with E-state index in [0.29, 0.717) is 5.56 Å². The number of hydrogen-bond donors (Lipinski definition) is 2. The van der Waals surface area contributed by atoms with Crippen molar-refractivity contribution in [2.24, 2.45) is 0 Å². The molecule has 2 rings (SSSR count). The standard InChI is InChI=1S/C10H9BrN2O4S/c11-7-1-5(4-18-7)9(15)13-3-8(14)12-2-6(13)10(16)17/h1,4,6H,2-3H2,(H,12,14)(H,16,17). The van der Waals surface area contributed by atoms with Crippen LogP contribution in [0.1, 0.15) is 10.4 Å². The van der Waals surface area contributed by atoms with Crippen LogP contribution >= 0.6 is 27.3 Å². The van der Waals surface area contributed by atoms with E-state index in [-0.39, 0.29) is 19.0 Å². The third-order valence-corrected chi connectivity index (χ3v) is 4.05. The molecule has 1 aromatic heterocycles. The Morgan fingerprint density at radius 3 is 2.83 bits per heavy atom. The second-order valence-corrected chi connectivity index (χ2v) is 6.02. The molecule has 8 heteroatoms. The number of carboxylic acid groups (broad SMARTS) is 1. The van der Waals surface area contributed by atoms with Crippen LogP contribution in [0.4, 0.5) is 0 Å². The molecule has 1 aliphatic rings. The maximum atomic E-state index is 12.1. The number of piperazine rings is 1. The van der Waals surface area contributed by atoms with Crippen molar-refractivity contribution in [3.63, 3.8) is 0 Å². The molecule has 0 bridgehead atoms. The smallest absolute Gasteiger partial charge is 0.328 e. The number of aliphatic carboxylic acids is 1. The molecule has 0 aliphatic carbocycles. The van der Waals surface area contributed by atoms with Crippen molar-refractivity contribution in [2.75, 3.05) is 13.1 Å². The van der Waals surface area contributed by atoms with Crippen molar-refractivity contribution in [2.45, 2.75) is 6.04 Å². The van der Waals surface area contributed by atoms with Crippen LogP contribution in [0.25, 0.3) is 0 Å². The van der Waals surface area contributed by atoms with Gasteiger partial charge in [0.05, 0.1) is 9.35 Å². The number of carboxylic acids is 1. The molecule has 1 atom stereocenters. The molecule has 1 saturated heterocycles. The number of nitrogens with one attached hydrogen (secondary N) is 1. The summed E-state index contributed by atoms with van der Waals surface area (Å²) in [4.78, 5) is 35.6. The van der Waals surface area contributed by atoms with Crippen molar-refractivity contribution in [1.29, 1.82) is 0 Å². The second kappa shape index (κ2) is 5.07. The first-order chi connectivity index (χ1) is 8.49. The molecule has 6 nitrogen and oxygen atoms in total. The predicted octanol–water partition coefficient (Wildman–Crippen LogP) is 0.536. The summed E-state index contributed by atoms with van der Waals surface area (Å²) in [6.07, 6.45) is 0. The lowest BCUT2D eigenvalue weighted by atomic mass is 10.1. The minimum atomic E-state index is -1.13. The van der Waals surface area contributed by atoms with Gasteiger partial charge in [0, 0.05) is 11.9 Å². The zero-order valence-electron chi connectivity index (χ0n) is 9.05. The predicted molar refractivity (Wildman–Crippen MR) is 67.5 cm³/mol. The molecule has 2 N–H and O–H groups in total. The van der Waals surface area contributed by atoms with Crippen molar-refractivity contribution < 1.29 is 19.5 Å². The summed E-state index contributed by atoms with van der Waals surface area (Å²) in [6, 6.07) is 0.590. The van der Waals surface area contributed by atoms with Gasteiger partial charge in [0.25, 0.3) is 5.91 Å². The Hall–Kier alpha value is -1.41. The highest BCUT2D eigenvalue weighted by Crippen LogP contribution is 2.22. The van der Waals surface area contributed by atoms with Gasteiger partial charge >= 0.3 is 5.97 Å². The van der Waals surface area contributed by atoms with E-state index < -0.39 is 17.9 Å². The van der Waals surface area contributed by atoms with Crippen molar-refractivity contribution in [3.05, 3.63) is 20.8 Å². The van der Waals surface area contributed by atoms with Gasteiger partial charge in [0.1, 0.15) is 12.6 Å². The highest BCUT2D eigenvalue weighted by molar-refractivity contribution is 9.11. The van der Waals surface area contributed by atoms with Crippen LogP contribution < -0.4 is 5.32 Å². The summed E-state index contributed by atoms with van der Waals surface area (Å²) in [5, 5.41) is 13.1. The highest BCUT2D eigenvalue weighted by atomic mass is 79.9. The fourth-order valence-electron chi connectivity index (χ4n) is 1.66. The number of thiophene rings is 1. The Morgan fingerprint density at radius 2 is 2.28 bits per heavy atom. The molecule has 1 unspecified atom stereocenters. The van der Waals surface area contributed by atoms with Crippen molar-refractivity contribution in [1.82, 2.24) is 10.2 Å². The molecule has 1 aliphatic heterocycles. The molecular weight excluding hydrogens is 324 g/mol. The number of rotatable bonds is 2. The zero-order chi connectivity index (χ0) is 13.3. The molecule has 0 radical (unpaired) electrons. The van der Waals surface area contributed by atoms with Gasteiger partial charge in [0.15, 0.2) is 0 Å². The largest absolute Gasteiger partial charge is 0.480 e. The molecular formula is C10H9BrN2O4S. The van der Waals surface area contributed by atoms with Gasteiger partial charge in [-0.15, -0.1) is 11.3 Å². The fraction of sp³-hybridized carbons (Fsp3) is 0.300. The number of amides is 2. The fourth-order valence-corrected chi connectivity index (χ4v) is 2.79. The van der Waals surface area contributed by atoms with E-state index in [1.807, 2.05) is 0 Å². The average molecular weight is 333 g/mol. The van der Waals surface area contributed by atoms with Gasteiger partial charge in [0.2, 0.25) is 5.91 Å². The maximum Gasteiger partial charge on any atom is 0.328 e. The van der Waals surface area contributed by atoms with Gasteiger partial charge in [-0.2, -0.15) is 0 Å². The number of carbonyl (C=O) groups is 3. The van der Waals surface area contributed by atoms with E-state index in [4.69, 9.17) is 5.11 Å². The zero-order valence-corrected chi connectivity index (χ0v) is 11.5. The lowest BCUT2D eigenvalue weighted by Crippen LogP contribution is -2.59. The number of carbonyl (C=O) groups excluding carboxylic acids is 2. The number of halogens is 1. The lowest BCUT2D eigenvalue weighted by Gasteiger charge is -2.32. The molecule has 18 heavy (non-hydrogen) atoms. The Morgan fingerprint density at radius 1 is 1.56 bits per heavy atom. The van der Waals surface area contributed by atoms with E-state index in [1.165, 1.54) is 11.3 Å². The van der Waals surface area contributed by atoms with Crippen molar-refractivity contribution >= 4 is 45.1 Å². The monoisotopic (exact) mass is 332 g/mol. The topological polar surface area (TPSA) is 86.7 Å². The Bertz CT molecular complexity index is 516. The first-order valence-corrected chi connectivity index (χ1v) is 6.71. The van der Waals surface area contributed by atoms with Crippen LogP contribution in [0, 0.1) is 0 Å². The highest BCUT2D eigenvalue weighted by Gasteiger charge is 2.35. The Balaban J connectivity index is 2.25. The summed E-state index contributed by atoms with van der Waals surface area (Å²) in [7, 11) is 0. The summed E-state index contributed by atoms with van der Waals surface area (Å²) in [6.45, 7) is -0.297. The lowest BCUT2D eigenvalue weighted by molar-refractivity contribution is -0.144. The van der Waals surface area contributed by atoms with Gasteiger partial charge in [-0.3, -0.25) is 9.59 Å². The molecule has 1 aromatic rings. The SMILES string of the molecule is O=C1CN(C(=O)c2csc(Br)c2)C(C(=O)O)CN1. The molecule has 0 aromatic carbocycles. The summed E-state index contributed by atoms with van der Waals surface area (Å²) in [5.74, 6) is -1.92. The molecule has 96 valence electrons. The minimum Gasteiger partial charge on any atom is -0.480 e. The second-order valence-electron chi connectivity index (χ2n) is 3.73. The van der Waals surface area contributed by atoms with Gasteiger partial charge in [-0.25, -0.2) is 4.79 Å².